The number of carbonyl (C=O) groups is 1. The second kappa shape index (κ2) is 8.90. The van der Waals surface area contributed by atoms with Gasteiger partial charge in [0.2, 0.25) is 0 Å². The number of hydrogen-bond acceptors (Lipinski definition) is 5. The lowest BCUT2D eigenvalue weighted by Gasteiger charge is -2.18. The summed E-state index contributed by atoms with van der Waals surface area (Å²) in [7, 11) is 0. The van der Waals surface area contributed by atoms with Crippen LogP contribution in [0.15, 0.2) is 83.9 Å². The van der Waals surface area contributed by atoms with E-state index < -0.39 is 18.4 Å². The molecule has 2 unspecified atom stereocenters. The third-order valence-electron chi connectivity index (χ3n) is 5.68. The summed E-state index contributed by atoms with van der Waals surface area (Å²) in [5.41, 5.74) is 4.08. The van der Waals surface area contributed by atoms with Gasteiger partial charge in [-0.05, 0) is 37.6 Å². The van der Waals surface area contributed by atoms with Crippen LogP contribution < -0.4 is 5.32 Å². The number of carbonyl (C=O) groups excluding carboxylic acids is 1. The first-order chi connectivity index (χ1) is 16.5. The van der Waals surface area contributed by atoms with Crippen LogP contribution in [0.4, 0.5) is 9.18 Å². The minimum absolute atomic E-state index is 0.351. The van der Waals surface area contributed by atoms with Gasteiger partial charge in [0, 0.05) is 11.1 Å². The summed E-state index contributed by atoms with van der Waals surface area (Å²) in [6, 6.07) is 23.5. The van der Waals surface area contributed by atoms with Gasteiger partial charge in [-0.3, -0.25) is 14.9 Å². The smallest absolute Gasteiger partial charge is 0.409 e. The SMILES string of the molecule is Cc1nnc2n1-c1ccccc1C(c1ccccc1)=NC2NC(=O)OC(C)c1ccc(F)cc1. The molecule has 8 heteroatoms. The summed E-state index contributed by atoms with van der Waals surface area (Å²) >= 11 is 0. The van der Waals surface area contributed by atoms with Crippen molar-refractivity contribution in [2.45, 2.75) is 26.1 Å². The molecule has 170 valence electrons. The highest BCUT2D eigenvalue weighted by Crippen LogP contribution is 2.30. The number of rotatable bonds is 4. The zero-order valence-electron chi connectivity index (χ0n) is 18.6. The van der Waals surface area contributed by atoms with Crippen LogP contribution in [-0.2, 0) is 4.74 Å². The summed E-state index contributed by atoms with van der Waals surface area (Å²) in [6.07, 6.45) is -2.09. The van der Waals surface area contributed by atoms with Crippen LogP contribution in [0.2, 0.25) is 0 Å². The third kappa shape index (κ3) is 4.05. The summed E-state index contributed by atoms with van der Waals surface area (Å²) in [6.45, 7) is 3.58. The standard InChI is InChI=1S/C26H22FN5O2/c1-16(18-12-14-20(27)15-13-18)34-26(33)29-24-25-31-30-17(2)32(25)22-11-7-6-10-21(22)23(28-24)19-8-4-3-5-9-19/h3-16,24H,1-2H3,(H,29,33). The Morgan fingerprint density at radius 3 is 2.47 bits per heavy atom. The molecule has 0 spiro atoms. The fraction of sp³-hybridized carbons (Fsp3) is 0.154. The van der Waals surface area contributed by atoms with Crippen LogP contribution in [0.3, 0.4) is 0 Å². The average molecular weight is 455 g/mol. The molecule has 0 saturated heterocycles. The van der Waals surface area contributed by atoms with Crippen LogP contribution in [0.5, 0.6) is 0 Å². The van der Waals surface area contributed by atoms with Crippen molar-refractivity contribution in [3.05, 3.63) is 113 Å². The van der Waals surface area contributed by atoms with Crippen molar-refractivity contribution in [1.29, 1.82) is 0 Å². The Hall–Kier alpha value is -4.33. The van der Waals surface area contributed by atoms with Gasteiger partial charge in [-0.2, -0.15) is 0 Å². The molecule has 1 aliphatic rings. The van der Waals surface area contributed by atoms with Gasteiger partial charge in [-0.15, -0.1) is 10.2 Å². The molecule has 7 nitrogen and oxygen atoms in total. The van der Waals surface area contributed by atoms with Gasteiger partial charge in [-0.1, -0.05) is 60.7 Å². The lowest BCUT2D eigenvalue weighted by atomic mass is 10.0. The molecule has 4 aromatic rings. The van der Waals surface area contributed by atoms with Crippen LogP contribution in [0, 0.1) is 12.7 Å². The second-order valence-electron chi connectivity index (χ2n) is 7.95. The number of alkyl carbamates (subject to hydrolysis) is 1. The first-order valence-electron chi connectivity index (χ1n) is 10.9. The molecule has 0 saturated carbocycles. The van der Waals surface area contributed by atoms with Crippen LogP contribution in [0.25, 0.3) is 5.69 Å². The molecule has 0 bridgehead atoms. The maximum atomic E-state index is 13.2. The molecule has 0 fully saturated rings. The fourth-order valence-electron chi connectivity index (χ4n) is 4.01. The number of ether oxygens (including phenoxy) is 1. The largest absolute Gasteiger partial charge is 0.442 e. The van der Waals surface area contributed by atoms with Crippen molar-refractivity contribution in [2.75, 3.05) is 0 Å². The maximum absolute atomic E-state index is 13.2. The van der Waals surface area contributed by atoms with Crippen molar-refractivity contribution >= 4 is 11.8 Å². The molecule has 1 aromatic heterocycles. The zero-order valence-corrected chi connectivity index (χ0v) is 18.6. The first-order valence-corrected chi connectivity index (χ1v) is 10.9. The van der Waals surface area contributed by atoms with E-state index in [0.717, 1.165) is 22.5 Å². The normalized spacial score (nSPS) is 15.4. The van der Waals surface area contributed by atoms with Gasteiger partial charge in [0.25, 0.3) is 0 Å². The molecule has 34 heavy (non-hydrogen) atoms. The highest BCUT2D eigenvalue weighted by Gasteiger charge is 2.29. The van der Waals surface area contributed by atoms with E-state index in [-0.39, 0.29) is 5.82 Å². The molecular weight excluding hydrogens is 433 g/mol. The van der Waals surface area contributed by atoms with Crippen molar-refractivity contribution < 1.29 is 13.9 Å². The topological polar surface area (TPSA) is 81.4 Å². The van der Waals surface area contributed by atoms with Gasteiger partial charge >= 0.3 is 6.09 Å². The number of para-hydroxylation sites is 1. The van der Waals surface area contributed by atoms with E-state index in [1.165, 1.54) is 12.1 Å². The number of aliphatic imine (C=N–C) groups is 1. The van der Waals surface area contributed by atoms with E-state index in [1.807, 2.05) is 66.1 Å². The number of nitrogens with one attached hydrogen (secondary N) is 1. The Kier molecular flexibility index (Phi) is 5.63. The lowest BCUT2D eigenvalue weighted by molar-refractivity contribution is 0.103. The number of hydrogen-bond donors (Lipinski definition) is 1. The highest BCUT2D eigenvalue weighted by atomic mass is 19.1. The van der Waals surface area contributed by atoms with Gasteiger partial charge in [0.1, 0.15) is 17.7 Å². The highest BCUT2D eigenvalue weighted by molar-refractivity contribution is 6.15. The number of nitrogens with zero attached hydrogens (tertiary/aromatic N) is 4. The van der Waals surface area contributed by atoms with E-state index in [1.54, 1.807) is 19.1 Å². The lowest BCUT2D eigenvalue weighted by Crippen LogP contribution is -2.30. The monoisotopic (exact) mass is 455 g/mol. The van der Waals surface area contributed by atoms with Gasteiger partial charge in [0.15, 0.2) is 12.0 Å². The number of fused-ring (bicyclic) bond motifs is 3. The third-order valence-corrected chi connectivity index (χ3v) is 5.68. The minimum atomic E-state index is -0.836. The fourth-order valence-corrected chi connectivity index (χ4v) is 4.01. The Labute approximate surface area is 195 Å². The Balaban J connectivity index is 1.52. The molecule has 5 rings (SSSR count). The number of aromatic nitrogens is 3. The van der Waals surface area contributed by atoms with E-state index >= 15 is 0 Å². The molecule has 0 aliphatic carbocycles. The van der Waals surface area contributed by atoms with Crippen LogP contribution in [0.1, 0.15) is 47.5 Å². The van der Waals surface area contributed by atoms with E-state index in [2.05, 4.69) is 15.5 Å². The molecule has 1 aliphatic heterocycles. The molecular formula is C26H22FN5O2. The van der Waals surface area contributed by atoms with Crippen LogP contribution >= 0.6 is 0 Å². The molecule has 1 N–H and O–H groups in total. The summed E-state index contributed by atoms with van der Waals surface area (Å²) < 4.78 is 20.7. The van der Waals surface area contributed by atoms with Crippen molar-refractivity contribution in [3.63, 3.8) is 0 Å². The quantitative estimate of drug-likeness (QED) is 0.467. The maximum Gasteiger partial charge on any atom is 0.409 e. The Bertz CT molecular complexity index is 1370. The number of halogens is 1. The Morgan fingerprint density at radius 2 is 1.71 bits per heavy atom. The predicted octanol–water partition coefficient (Wildman–Crippen LogP) is 5.05. The predicted molar refractivity (Wildman–Crippen MR) is 125 cm³/mol. The van der Waals surface area contributed by atoms with Crippen molar-refractivity contribution in [2.24, 2.45) is 4.99 Å². The second-order valence-corrected chi connectivity index (χ2v) is 7.95. The number of amides is 1. The Morgan fingerprint density at radius 1 is 1.00 bits per heavy atom. The van der Waals surface area contributed by atoms with Crippen LogP contribution in [-0.4, -0.2) is 26.6 Å². The van der Waals surface area contributed by atoms with Gasteiger partial charge in [-0.25, -0.2) is 9.18 Å². The minimum Gasteiger partial charge on any atom is -0.442 e. The summed E-state index contributed by atoms with van der Waals surface area (Å²) in [5.74, 6) is 0.796. The van der Waals surface area contributed by atoms with Gasteiger partial charge in [0.05, 0.1) is 11.4 Å². The van der Waals surface area contributed by atoms with Crippen molar-refractivity contribution in [3.8, 4) is 5.69 Å². The summed E-state index contributed by atoms with van der Waals surface area (Å²) in [4.78, 5) is 17.8. The average Bonchev–Trinajstić information content (AvgIpc) is 3.17. The zero-order chi connectivity index (χ0) is 23.7. The molecule has 2 heterocycles. The van der Waals surface area contributed by atoms with E-state index in [4.69, 9.17) is 9.73 Å². The number of benzene rings is 3. The number of aryl methyl sites for hydroxylation is 1. The van der Waals surface area contributed by atoms with E-state index in [0.29, 0.717) is 17.2 Å². The molecule has 0 radical (unpaired) electrons. The van der Waals surface area contributed by atoms with E-state index in [9.17, 15) is 9.18 Å². The molecule has 3 aromatic carbocycles. The molecule has 1 amide bonds. The van der Waals surface area contributed by atoms with Crippen molar-refractivity contribution in [1.82, 2.24) is 20.1 Å². The molecule has 2 atom stereocenters. The van der Waals surface area contributed by atoms with Gasteiger partial charge < -0.3 is 4.74 Å². The summed E-state index contributed by atoms with van der Waals surface area (Å²) in [5, 5.41) is 11.4. The first kappa shape index (κ1) is 21.5.